The zero-order valence-electron chi connectivity index (χ0n) is 28.8. The summed E-state index contributed by atoms with van der Waals surface area (Å²) in [6.45, 7) is 2.42. The molecular weight excluding hydrogens is 672 g/mol. The van der Waals surface area contributed by atoms with Crippen molar-refractivity contribution in [3.63, 3.8) is 0 Å². The second-order valence-corrected chi connectivity index (χ2v) is 12.9. The highest BCUT2D eigenvalue weighted by molar-refractivity contribution is 5.82. The van der Waals surface area contributed by atoms with E-state index in [1.807, 2.05) is 36.4 Å². The third kappa shape index (κ3) is 8.78. The quantitative estimate of drug-likeness (QED) is 0.0693. The average Bonchev–Trinajstić information content (AvgIpc) is 3.14. The second kappa shape index (κ2) is 16.8. The second-order valence-electron chi connectivity index (χ2n) is 12.9. The molecule has 3 aromatic carbocycles. The largest absolute Gasteiger partial charge is 0.508 e. The lowest BCUT2D eigenvalue weighted by Crippen LogP contribution is -2.71. The molecular formula is C38H44N4O10. The summed E-state index contributed by atoms with van der Waals surface area (Å²) in [5, 5.41) is 59.5. The highest BCUT2D eigenvalue weighted by Crippen LogP contribution is 2.33. The molecule has 0 radical (unpaired) electrons. The number of ether oxygens (including phenoxy) is 2. The minimum Gasteiger partial charge on any atom is -0.508 e. The van der Waals surface area contributed by atoms with E-state index >= 15 is 0 Å². The number of hydrogen-bond donors (Lipinski definition) is 8. The predicted molar refractivity (Wildman–Crippen MR) is 195 cm³/mol. The Kier molecular flexibility index (Phi) is 12.3. The first-order valence-electron chi connectivity index (χ1n) is 16.8. The van der Waals surface area contributed by atoms with Gasteiger partial charge >= 0.3 is 5.97 Å². The number of hydrogen-bond acceptors (Lipinski definition) is 11. The van der Waals surface area contributed by atoms with E-state index in [1.165, 1.54) is 36.6 Å². The number of nitrogens with zero attached hydrogens (tertiary/aromatic N) is 1. The number of rotatable bonds is 14. The topological polar surface area (TPSA) is 229 Å². The minimum atomic E-state index is -2.35. The molecule has 0 aliphatic carbocycles. The van der Waals surface area contributed by atoms with Crippen LogP contribution in [0.25, 0.3) is 28.2 Å². The zero-order valence-corrected chi connectivity index (χ0v) is 28.8. The number of aliphatic imine (C=N–C) groups is 1. The summed E-state index contributed by atoms with van der Waals surface area (Å²) in [6.07, 6.45) is -1.62. The molecule has 7 atom stereocenters. The van der Waals surface area contributed by atoms with Crippen LogP contribution in [0.4, 0.5) is 0 Å². The molecule has 5 rings (SSSR count). The number of aliphatic hydroxyl groups excluding tert-OH is 2. The Morgan fingerprint density at radius 1 is 1.10 bits per heavy atom. The number of phenols is 1. The van der Waals surface area contributed by atoms with Gasteiger partial charge < -0.3 is 55.8 Å². The third-order valence-corrected chi connectivity index (χ3v) is 9.26. The van der Waals surface area contributed by atoms with Crippen molar-refractivity contribution in [2.75, 3.05) is 26.7 Å². The van der Waals surface area contributed by atoms with E-state index in [9.17, 15) is 35.1 Å². The molecule has 276 valence electrons. The van der Waals surface area contributed by atoms with Gasteiger partial charge in [-0.25, -0.2) is 4.79 Å². The van der Waals surface area contributed by atoms with Crippen molar-refractivity contribution in [2.24, 2.45) is 22.6 Å². The first-order valence-corrected chi connectivity index (χ1v) is 16.8. The van der Waals surface area contributed by atoms with Crippen LogP contribution in [0.5, 0.6) is 11.5 Å². The van der Waals surface area contributed by atoms with Crippen LogP contribution in [0.1, 0.15) is 18.9 Å². The Morgan fingerprint density at radius 3 is 2.52 bits per heavy atom. The number of fused-ring (bicyclic) bond motifs is 1. The number of carboxylic acids is 1. The number of aromatic hydroxyl groups is 1. The smallest absolute Gasteiger partial charge is 0.335 e. The van der Waals surface area contributed by atoms with Crippen LogP contribution >= 0.6 is 0 Å². The lowest BCUT2D eigenvalue weighted by Gasteiger charge is -2.47. The van der Waals surface area contributed by atoms with Gasteiger partial charge in [0, 0.05) is 32.7 Å². The molecule has 2 heterocycles. The Morgan fingerprint density at radius 2 is 1.83 bits per heavy atom. The van der Waals surface area contributed by atoms with E-state index in [4.69, 9.17) is 19.6 Å². The lowest BCUT2D eigenvalue weighted by atomic mass is 9.85. The van der Waals surface area contributed by atoms with Gasteiger partial charge in [0.05, 0.1) is 10.9 Å². The summed E-state index contributed by atoms with van der Waals surface area (Å²) >= 11 is 0. The fourth-order valence-corrected chi connectivity index (χ4v) is 6.02. The maximum atomic E-state index is 13.3. The summed E-state index contributed by atoms with van der Waals surface area (Å²) < 4.78 is 17.3. The van der Waals surface area contributed by atoms with Gasteiger partial charge in [-0.1, -0.05) is 61.5 Å². The number of nitrogens with two attached hydrogens (primary N) is 1. The molecule has 0 bridgehead atoms. The van der Waals surface area contributed by atoms with Gasteiger partial charge in [-0.3, -0.25) is 9.79 Å². The fourth-order valence-electron chi connectivity index (χ4n) is 6.02. The van der Waals surface area contributed by atoms with E-state index < -0.39 is 36.2 Å². The van der Waals surface area contributed by atoms with Crippen LogP contribution in [0.3, 0.4) is 0 Å². The Hall–Kier alpha value is -5.25. The van der Waals surface area contributed by atoms with Crippen molar-refractivity contribution in [2.45, 2.75) is 43.5 Å². The number of aliphatic hydroxyl groups is 3. The fraction of sp³-hybridized carbons (Fsp3) is 0.342. The summed E-state index contributed by atoms with van der Waals surface area (Å²) in [5.41, 5.74) is 5.19. The molecule has 1 fully saturated rings. The molecule has 14 heteroatoms. The maximum absolute atomic E-state index is 13.3. The Labute approximate surface area is 299 Å². The van der Waals surface area contributed by atoms with Crippen molar-refractivity contribution >= 4 is 29.0 Å². The third-order valence-electron chi connectivity index (χ3n) is 9.26. The van der Waals surface area contributed by atoms with Crippen LogP contribution in [0.15, 0.2) is 99.3 Å². The van der Waals surface area contributed by atoms with Crippen LogP contribution in [-0.4, -0.2) is 94.3 Å². The molecule has 1 aliphatic heterocycles. The van der Waals surface area contributed by atoms with E-state index in [2.05, 4.69) is 28.6 Å². The molecule has 52 heavy (non-hydrogen) atoms. The Bertz CT molecular complexity index is 1930. The van der Waals surface area contributed by atoms with Crippen molar-refractivity contribution in [1.82, 2.24) is 10.6 Å². The molecule has 0 unspecified atom stereocenters. The van der Waals surface area contributed by atoms with Crippen LogP contribution < -0.4 is 26.5 Å². The van der Waals surface area contributed by atoms with Gasteiger partial charge in [0.2, 0.25) is 6.29 Å². The molecule has 0 saturated carbocycles. The van der Waals surface area contributed by atoms with E-state index in [1.54, 1.807) is 19.2 Å². The summed E-state index contributed by atoms with van der Waals surface area (Å²) in [5.74, 6) is -1.21. The van der Waals surface area contributed by atoms with Gasteiger partial charge in [-0.05, 0) is 53.6 Å². The lowest BCUT2D eigenvalue weighted by molar-refractivity contribution is -0.311. The summed E-state index contributed by atoms with van der Waals surface area (Å²) in [6, 6.07) is 20.2. The molecule has 1 aliphatic rings. The van der Waals surface area contributed by atoms with Crippen molar-refractivity contribution in [1.29, 1.82) is 0 Å². The highest BCUT2D eigenvalue weighted by atomic mass is 16.7. The predicted octanol–water partition coefficient (Wildman–Crippen LogP) is 2.29. The van der Waals surface area contributed by atoms with Gasteiger partial charge in [-0.15, -0.1) is 0 Å². The molecule has 4 aromatic rings. The minimum absolute atomic E-state index is 0.0272. The van der Waals surface area contributed by atoms with Crippen LogP contribution in [0.2, 0.25) is 0 Å². The van der Waals surface area contributed by atoms with E-state index in [0.29, 0.717) is 25.1 Å². The highest BCUT2D eigenvalue weighted by Gasteiger charge is 2.58. The molecule has 1 saturated heterocycles. The molecule has 14 nitrogen and oxygen atoms in total. The number of aliphatic carboxylic acids is 1. The molecule has 1 aromatic heterocycles. The average molecular weight is 717 g/mol. The monoisotopic (exact) mass is 716 g/mol. The SMILES string of the molecule is CN=C(N)NC[C@H](CNC[C@@]1(O)[C@H](Oc2ccc3c(=O)c(-c4ccc(O)cc4)coc3c2)O[C@H](C(=O)O)[C@@H](O)[C@@H]1O)[C@H](C)CC=Cc1ccccc1. The van der Waals surface area contributed by atoms with E-state index in [-0.39, 0.29) is 57.8 Å². The summed E-state index contributed by atoms with van der Waals surface area (Å²) in [4.78, 5) is 29.2. The van der Waals surface area contributed by atoms with E-state index in [0.717, 1.165) is 5.56 Å². The molecule has 9 N–H and O–H groups in total. The number of allylic oxidation sites excluding steroid dienone is 1. The number of nitrogens with one attached hydrogen (secondary N) is 2. The molecule has 0 amide bonds. The van der Waals surface area contributed by atoms with Gasteiger partial charge in [0.25, 0.3) is 0 Å². The Balaban J connectivity index is 1.35. The van der Waals surface area contributed by atoms with Gasteiger partial charge in [0.1, 0.15) is 35.6 Å². The number of phenolic OH excluding ortho intramolecular Hbond substituents is 1. The maximum Gasteiger partial charge on any atom is 0.335 e. The first-order chi connectivity index (χ1) is 24.9. The number of carboxylic acid groups (broad SMARTS) is 1. The van der Waals surface area contributed by atoms with Crippen LogP contribution in [-0.2, 0) is 9.53 Å². The van der Waals surface area contributed by atoms with Crippen molar-refractivity contribution in [3.05, 3.63) is 101 Å². The number of carbonyl (C=O) groups is 1. The first kappa shape index (κ1) is 38.0. The zero-order chi connectivity index (χ0) is 37.4. The standard InChI is InChI=1S/C38H44N4O10/c1-22(7-6-10-23-8-4-3-5-9-23)25(19-42-37(39)40-2)18-41-21-38(49)34(46)32(45)33(35(47)48)52-36(38)51-27-15-16-28-30(17-27)50-20-29(31(28)44)24-11-13-26(43)14-12-24/h3-6,8-17,20,22,25,32-34,36,41,43,45-46,49H,7,18-19,21H2,1-2H3,(H,47,48)(H3,39,40,42)/t22-,25+,32-,33+,34+,36-,38+/m1/s1. The van der Waals surface area contributed by atoms with Gasteiger partial charge in [-0.2, -0.15) is 0 Å². The van der Waals surface area contributed by atoms with Gasteiger partial charge in [0.15, 0.2) is 23.1 Å². The van der Waals surface area contributed by atoms with Crippen LogP contribution in [0, 0.1) is 11.8 Å². The summed E-state index contributed by atoms with van der Waals surface area (Å²) in [7, 11) is 1.57. The normalized spacial score (nSPS) is 23.4. The molecule has 0 spiro atoms. The number of guanidine groups is 1. The number of benzene rings is 3. The van der Waals surface area contributed by atoms with Crippen molar-refractivity contribution < 1.29 is 44.2 Å². The van der Waals surface area contributed by atoms with Crippen molar-refractivity contribution in [3.8, 4) is 22.6 Å².